The van der Waals surface area contributed by atoms with E-state index < -0.39 is 0 Å². The van der Waals surface area contributed by atoms with Crippen molar-refractivity contribution in [2.24, 2.45) is 0 Å². The van der Waals surface area contributed by atoms with Crippen molar-refractivity contribution in [3.63, 3.8) is 0 Å². The maximum atomic E-state index is 13.7. The first-order valence-electron chi connectivity index (χ1n) is 5.53. The van der Waals surface area contributed by atoms with Crippen molar-refractivity contribution in [2.75, 3.05) is 0 Å². The van der Waals surface area contributed by atoms with Crippen LogP contribution < -0.4 is 0 Å². The molecule has 1 nitrogen and oxygen atoms in total. The van der Waals surface area contributed by atoms with Crippen LogP contribution >= 0.6 is 15.9 Å². The van der Waals surface area contributed by atoms with Gasteiger partial charge in [-0.2, -0.15) is 0 Å². The smallest absolute Gasteiger partial charge is 0.150 e. The number of hydrogen-bond donors (Lipinski definition) is 0. The summed E-state index contributed by atoms with van der Waals surface area (Å²) in [7, 11) is 0. The van der Waals surface area contributed by atoms with Gasteiger partial charge in [-0.3, -0.25) is 0 Å². The molecule has 0 spiro atoms. The molecule has 88 valence electrons. The second-order valence-corrected chi connectivity index (χ2v) is 4.96. The maximum absolute atomic E-state index is 13.7. The Bertz CT molecular complexity index is 590. The molecule has 0 fully saturated rings. The van der Waals surface area contributed by atoms with Gasteiger partial charge in [-0.15, -0.1) is 0 Å². The number of allylic oxidation sites excluding steroid dienone is 1. The largest absolute Gasteiger partial charge is 0.245 e. The first kappa shape index (κ1) is 12.2. The second kappa shape index (κ2) is 4.96. The number of rotatable bonds is 2. The summed E-state index contributed by atoms with van der Waals surface area (Å²) in [6.45, 7) is 4.13. The van der Waals surface area contributed by atoms with Gasteiger partial charge in [-0.1, -0.05) is 34.5 Å². The fourth-order valence-electron chi connectivity index (χ4n) is 1.61. The molecule has 1 aromatic heterocycles. The third-order valence-electron chi connectivity index (χ3n) is 2.68. The van der Waals surface area contributed by atoms with Crippen LogP contribution in [-0.4, -0.2) is 4.98 Å². The van der Waals surface area contributed by atoms with Crippen LogP contribution in [0.25, 0.3) is 17.0 Å². The lowest BCUT2D eigenvalue weighted by Gasteiger charge is -2.02. The number of benzene rings is 1. The highest BCUT2D eigenvalue weighted by Crippen LogP contribution is 2.22. The van der Waals surface area contributed by atoms with E-state index in [1.54, 1.807) is 0 Å². The van der Waals surface area contributed by atoms with E-state index in [0.717, 1.165) is 22.0 Å². The minimum absolute atomic E-state index is 0.293. The molecule has 0 unspecified atom stereocenters. The van der Waals surface area contributed by atoms with Crippen molar-refractivity contribution in [3.05, 3.63) is 45.8 Å². The van der Waals surface area contributed by atoms with Gasteiger partial charge < -0.3 is 0 Å². The highest BCUT2D eigenvalue weighted by Gasteiger charge is 2.04. The summed E-state index contributed by atoms with van der Waals surface area (Å²) in [4.78, 5) is 4.33. The topological polar surface area (TPSA) is 12.9 Å². The fourth-order valence-corrected chi connectivity index (χ4v) is 2.05. The Morgan fingerprint density at radius 1 is 1.41 bits per heavy atom. The minimum Gasteiger partial charge on any atom is -0.245 e. The molecule has 0 bridgehead atoms. The summed E-state index contributed by atoms with van der Waals surface area (Å²) in [6.07, 6.45) is 2.96. The summed E-state index contributed by atoms with van der Waals surface area (Å²) >= 11 is 3.27. The number of hydrogen-bond acceptors (Lipinski definition) is 1. The highest BCUT2D eigenvalue weighted by atomic mass is 79.9. The van der Waals surface area contributed by atoms with Gasteiger partial charge in [0.15, 0.2) is 5.82 Å². The Hall–Kier alpha value is -1.22. The SMILES string of the molecule is CCC(C)=Cc1ccc2cc(Br)cc(F)c2n1. The zero-order valence-corrected chi connectivity index (χ0v) is 11.4. The Balaban J connectivity index is 2.58. The van der Waals surface area contributed by atoms with Crippen molar-refractivity contribution >= 4 is 32.9 Å². The van der Waals surface area contributed by atoms with Gasteiger partial charge in [0.25, 0.3) is 0 Å². The van der Waals surface area contributed by atoms with Crippen molar-refractivity contribution in [1.82, 2.24) is 4.98 Å². The van der Waals surface area contributed by atoms with E-state index in [1.165, 1.54) is 11.6 Å². The Labute approximate surface area is 109 Å². The second-order valence-electron chi connectivity index (χ2n) is 4.04. The third-order valence-corrected chi connectivity index (χ3v) is 3.14. The molecule has 0 saturated heterocycles. The molecule has 17 heavy (non-hydrogen) atoms. The zero-order valence-electron chi connectivity index (χ0n) is 9.80. The van der Waals surface area contributed by atoms with Crippen molar-refractivity contribution in [1.29, 1.82) is 0 Å². The minimum atomic E-state index is -0.293. The van der Waals surface area contributed by atoms with E-state index in [0.29, 0.717) is 5.52 Å². The molecule has 3 heteroatoms. The predicted octanol–water partition coefficient (Wildman–Crippen LogP) is 4.95. The van der Waals surface area contributed by atoms with Gasteiger partial charge in [-0.25, -0.2) is 9.37 Å². The maximum Gasteiger partial charge on any atom is 0.150 e. The summed E-state index contributed by atoms with van der Waals surface area (Å²) in [6, 6.07) is 7.11. The number of pyridine rings is 1. The van der Waals surface area contributed by atoms with Crippen molar-refractivity contribution in [3.8, 4) is 0 Å². The number of nitrogens with zero attached hydrogens (tertiary/aromatic N) is 1. The Morgan fingerprint density at radius 2 is 2.18 bits per heavy atom. The lowest BCUT2D eigenvalue weighted by molar-refractivity contribution is 0.636. The summed E-state index contributed by atoms with van der Waals surface area (Å²) in [5.74, 6) is -0.293. The average Bonchev–Trinajstić information content (AvgIpc) is 2.29. The van der Waals surface area contributed by atoms with E-state index in [2.05, 4.69) is 27.8 Å². The van der Waals surface area contributed by atoms with Crippen LogP contribution in [-0.2, 0) is 0 Å². The van der Waals surface area contributed by atoms with E-state index >= 15 is 0 Å². The normalized spacial score (nSPS) is 12.1. The van der Waals surface area contributed by atoms with E-state index in [9.17, 15) is 4.39 Å². The van der Waals surface area contributed by atoms with Crippen LogP contribution in [0, 0.1) is 5.82 Å². The van der Waals surface area contributed by atoms with Crippen LogP contribution in [0.3, 0.4) is 0 Å². The molecule has 0 aliphatic heterocycles. The average molecular weight is 294 g/mol. The molecule has 1 heterocycles. The van der Waals surface area contributed by atoms with Crippen LogP contribution in [0.4, 0.5) is 4.39 Å². The summed E-state index contributed by atoms with van der Waals surface area (Å²) in [5.41, 5.74) is 2.46. The van der Waals surface area contributed by atoms with E-state index in [1.807, 2.05) is 31.2 Å². The molecule has 0 amide bonds. The molecular formula is C14H13BrFN. The Morgan fingerprint density at radius 3 is 2.88 bits per heavy atom. The van der Waals surface area contributed by atoms with E-state index in [-0.39, 0.29) is 5.82 Å². The Kier molecular flexibility index (Phi) is 3.57. The number of aromatic nitrogens is 1. The lowest BCUT2D eigenvalue weighted by Crippen LogP contribution is -1.88. The molecule has 0 radical (unpaired) electrons. The fraction of sp³-hybridized carbons (Fsp3) is 0.214. The molecule has 2 rings (SSSR count). The molecule has 0 atom stereocenters. The van der Waals surface area contributed by atoms with Crippen molar-refractivity contribution in [2.45, 2.75) is 20.3 Å². The standard InChI is InChI=1S/C14H13BrFN/c1-3-9(2)6-12-5-4-10-7-11(15)8-13(16)14(10)17-12/h4-8H,3H2,1-2H3. The molecular weight excluding hydrogens is 281 g/mol. The monoisotopic (exact) mass is 293 g/mol. The zero-order chi connectivity index (χ0) is 12.4. The molecule has 2 aromatic rings. The van der Waals surface area contributed by atoms with Crippen LogP contribution in [0.1, 0.15) is 26.0 Å². The van der Waals surface area contributed by atoms with Crippen LogP contribution in [0.15, 0.2) is 34.3 Å². The molecule has 0 N–H and O–H groups in total. The first-order valence-corrected chi connectivity index (χ1v) is 6.32. The third kappa shape index (κ3) is 2.72. The van der Waals surface area contributed by atoms with Gasteiger partial charge in [0.1, 0.15) is 5.52 Å². The van der Waals surface area contributed by atoms with Crippen LogP contribution in [0.5, 0.6) is 0 Å². The van der Waals surface area contributed by atoms with E-state index in [4.69, 9.17) is 0 Å². The molecule has 1 aromatic carbocycles. The number of fused-ring (bicyclic) bond motifs is 1. The van der Waals surface area contributed by atoms with Gasteiger partial charge >= 0.3 is 0 Å². The van der Waals surface area contributed by atoms with Gasteiger partial charge in [0.2, 0.25) is 0 Å². The van der Waals surface area contributed by atoms with Gasteiger partial charge in [-0.05, 0) is 37.6 Å². The highest BCUT2D eigenvalue weighted by molar-refractivity contribution is 9.10. The van der Waals surface area contributed by atoms with Crippen molar-refractivity contribution < 1.29 is 4.39 Å². The number of halogens is 2. The lowest BCUT2D eigenvalue weighted by atomic mass is 10.1. The van der Waals surface area contributed by atoms with Crippen LogP contribution in [0.2, 0.25) is 0 Å². The molecule has 0 saturated carbocycles. The van der Waals surface area contributed by atoms with Gasteiger partial charge in [0.05, 0.1) is 5.69 Å². The molecule has 0 aliphatic carbocycles. The summed E-state index contributed by atoms with van der Waals surface area (Å²) < 4.78 is 14.5. The van der Waals surface area contributed by atoms with Gasteiger partial charge in [0, 0.05) is 9.86 Å². The summed E-state index contributed by atoms with van der Waals surface area (Å²) in [5, 5.41) is 0.808. The quantitative estimate of drug-likeness (QED) is 0.763. The molecule has 0 aliphatic rings. The predicted molar refractivity (Wildman–Crippen MR) is 73.3 cm³/mol. The first-order chi connectivity index (χ1) is 8.10.